The Morgan fingerprint density at radius 2 is 2.00 bits per heavy atom. The molecule has 0 spiro atoms. The number of thiophene rings is 1. The fourth-order valence-electron chi connectivity index (χ4n) is 1.05. The topological polar surface area (TPSA) is 72.2 Å². The van der Waals surface area contributed by atoms with E-state index < -0.39 is 15.6 Å². The van der Waals surface area contributed by atoms with Crippen molar-refractivity contribution >= 4 is 38.6 Å². The van der Waals surface area contributed by atoms with Crippen molar-refractivity contribution in [2.45, 2.75) is 30.5 Å². The summed E-state index contributed by atoms with van der Waals surface area (Å²) in [5.74, 6) is 0. The van der Waals surface area contributed by atoms with Gasteiger partial charge in [0.25, 0.3) is 10.0 Å². The van der Waals surface area contributed by atoms with Gasteiger partial charge in [0, 0.05) is 5.54 Å². The first-order chi connectivity index (χ1) is 7.12. The molecule has 0 saturated carbocycles. The van der Waals surface area contributed by atoms with Crippen LogP contribution in [0, 0.1) is 0 Å². The lowest BCUT2D eigenvalue weighted by molar-refractivity contribution is 0.492. The number of hydrogen-bond acceptors (Lipinski definition) is 4. The number of hydrogen-bond donors (Lipinski definition) is 2. The molecule has 0 aliphatic heterocycles. The highest BCUT2D eigenvalue weighted by Gasteiger charge is 2.23. The van der Waals surface area contributed by atoms with Crippen LogP contribution in [0.1, 0.15) is 25.6 Å². The molecule has 7 heteroatoms. The smallest absolute Gasteiger partial charge is 0.250 e. The van der Waals surface area contributed by atoms with E-state index in [4.69, 9.17) is 18.0 Å². The summed E-state index contributed by atoms with van der Waals surface area (Å²) in [6.45, 7) is 5.35. The first-order valence-electron chi connectivity index (χ1n) is 4.55. The van der Waals surface area contributed by atoms with Gasteiger partial charge in [-0.3, -0.25) is 0 Å². The van der Waals surface area contributed by atoms with E-state index in [0.717, 1.165) is 11.3 Å². The summed E-state index contributed by atoms with van der Waals surface area (Å²) in [4.78, 5) is 0.812. The van der Waals surface area contributed by atoms with E-state index in [0.29, 0.717) is 4.88 Å². The molecule has 0 aliphatic rings. The van der Waals surface area contributed by atoms with Crippen molar-refractivity contribution in [2.75, 3.05) is 0 Å². The van der Waals surface area contributed by atoms with E-state index in [1.807, 2.05) is 0 Å². The van der Waals surface area contributed by atoms with Crippen LogP contribution < -0.4 is 10.5 Å². The van der Waals surface area contributed by atoms with Crippen molar-refractivity contribution in [3.05, 3.63) is 17.0 Å². The Bertz CT molecular complexity index is 497. The van der Waals surface area contributed by atoms with Gasteiger partial charge in [-0.25, -0.2) is 13.1 Å². The van der Waals surface area contributed by atoms with E-state index in [1.54, 1.807) is 26.8 Å². The van der Waals surface area contributed by atoms with Crippen molar-refractivity contribution in [3.63, 3.8) is 0 Å². The summed E-state index contributed by atoms with van der Waals surface area (Å²) in [5.41, 5.74) is 4.92. The summed E-state index contributed by atoms with van der Waals surface area (Å²) in [7, 11) is -3.48. The molecule has 0 fully saturated rings. The number of nitrogens with one attached hydrogen (secondary N) is 1. The predicted molar refractivity (Wildman–Crippen MR) is 70.3 cm³/mol. The van der Waals surface area contributed by atoms with Crippen LogP contribution in [0.4, 0.5) is 0 Å². The van der Waals surface area contributed by atoms with E-state index in [1.165, 1.54) is 6.07 Å². The zero-order valence-electron chi connectivity index (χ0n) is 9.27. The average molecular weight is 278 g/mol. The second-order valence-corrected chi connectivity index (χ2v) is 7.77. The zero-order chi connectivity index (χ0) is 12.6. The van der Waals surface area contributed by atoms with Gasteiger partial charge in [-0.2, -0.15) is 0 Å². The Morgan fingerprint density at radius 1 is 1.44 bits per heavy atom. The molecule has 0 radical (unpaired) electrons. The Balaban J connectivity index is 3.04. The third kappa shape index (κ3) is 3.51. The summed E-state index contributed by atoms with van der Waals surface area (Å²) in [6, 6.07) is 3.12. The van der Waals surface area contributed by atoms with Gasteiger partial charge in [0.1, 0.15) is 9.20 Å². The largest absolute Gasteiger partial charge is 0.389 e. The maximum atomic E-state index is 11.9. The number of thiocarbonyl (C=S) groups is 1. The predicted octanol–water partition coefficient (Wildman–Crippen LogP) is 1.46. The maximum Gasteiger partial charge on any atom is 0.250 e. The number of nitrogens with two attached hydrogens (primary N) is 1. The fourth-order valence-corrected chi connectivity index (χ4v) is 3.82. The second kappa shape index (κ2) is 4.40. The minimum Gasteiger partial charge on any atom is -0.389 e. The molecule has 1 rings (SSSR count). The van der Waals surface area contributed by atoms with Gasteiger partial charge in [-0.15, -0.1) is 11.3 Å². The van der Waals surface area contributed by atoms with Gasteiger partial charge >= 0.3 is 0 Å². The number of rotatable bonds is 3. The highest BCUT2D eigenvalue weighted by atomic mass is 32.2. The third-order valence-corrected chi connectivity index (χ3v) is 5.25. The molecule has 0 atom stereocenters. The highest BCUT2D eigenvalue weighted by molar-refractivity contribution is 7.91. The monoisotopic (exact) mass is 278 g/mol. The number of sulfonamides is 1. The standard InChI is InChI=1S/C9H14N2O2S3/c1-9(2,3)11-16(12,13)7-5-4-6(15-7)8(10)14/h4-5,11H,1-3H3,(H2,10,14). The molecule has 16 heavy (non-hydrogen) atoms. The molecule has 1 heterocycles. The van der Waals surface area contributed by atoms with Crippen molar-refractivity contribution in [1.29, 1.82) is 0 Å². The SMILES string of the molecule is CC(C)(C)NS(=O)(=O)c1ccc(C(N)=S)s1. The lowest BCUT2D eigenvalue weighted by atomic mass is 10.1. The third-order valence-electron chi connectivity index (χ3n) is 1.53. The molecule has 1 aromatic rings. The molecular formula is C9H14N2O2S3. The van der Waals surface area contributed by atoms with Gasteiger partial charge in [0.05, 0.1) is 4.88 Å². The normalized spacial score (nSPS) is 12.7. The van der Waals surface area contributed by atoms with Gasteiger partial charge in [0.2, 0.25) is 0 Å². The molecule has 0 unspecified atom stereocenters. The van der Waals surface area contributed by atoms with Crippen molar-refractivity contribution in [3.8, 4) is 0 Å². The summed E-state index contributed by atoms with van der Waals surface area (Å²) < 4.78 is 26.6. The summed E-state index contributed by atoms with van der Waals surface area (Å²) >= 11 is 5.85. The Kier molecular flexibility index (Phi) is 3.73. The quantitative estimate of drug-likeness (QED) is 0.821. The minimum absolute atomic E-state index is 0.210. The first kappa shape index (κ1) is 13.6. The van der Waals surface area contributed by atoms with Crippen LogP contribution >= 0.6 is 23.6 Å². The average Bonchev–Trinajstić information content (AvgIpc) is 2.46. The van der Waals surface area contributed by atoms with Gasteiger partial charge in [-0.1, -0.05) is 12.2 Å². The van der Waals surface area contributed by atoms with Crippen LogP contribution in [-0.2, 0) is 10.0 Å². The van der Waals surface area contributed by atoms with Crippen LogP contribution in [0.2, 0.25) is 0 Å². The molecule has 3 N–H and O–H groups in total. The van der Waals surface area contributed by atoms with Crippen LogP contribution in [-0.4, -0.2) is 18.9 Å². The lowest BCUT2D eigenvalue weighted by Gasteiger charge is -2.19. The van der Waals surface area contributed by atoms with Gasteiger partial charge in [0.15, 0.2) is 0 Å². The second-order valence-electron chi connectivity index (χ2n) is 4.34. The molecule has 1 aromatic heterocycles. The lowest BCUT2D eigenvalue weighted by Crippen LogP contribution is -2.40. The molecule has 0 aromatic carbocycles. The molecule has 0 saturated heterocycles. The molecular weight excluding hydrogens is 264 g/mol. The van der Waals surface area contributed by atoms with E-state index in [2.05, 4.69) is 4.72 Å². The van der Waals surface area contributed by atoms with Gasteiger partial charge in [-0.05, 0) is 32.9 Å². The highest BCUT2D eigenvalue weighted by Crippen LogP contribution is 2.22. The molecule has 4 nitrogen and oxygen atoms in total. The molecule has 0 bridgehead atoms. The van der Waals surface area contributed by atoms with Crippen LogP contribution in [0.15, 0.2) is 16.3 Å². The van der Waals surface area contributed by atoms with Crippen LogP contribution in [0.25, 0.3) is 0 Å². The molecule has 90 valence electrons. The first-order valence-corrected chi connectivity index (χ1v) is 7.26. The van der Waals surface area contributed by atoms with Crippen LogP contribution in [0.3, 0.4) is 0 Å². The van der Waals surface area contributed by atoms with Crippen LogP contribution in [0.5, 0.6) is 0 Å². The summed E-state index contributed by atoms with van der Waals surface area (Å²) in [6.07, 6.45) is 0. The Labute approximate surface area is 105 Å². The van der Waals surface area contributed by atoms with Crippen molar-refractivity contribution < 1.29 is 8.42 Å². The fraction of sp³-hybridized carbons (Fsp3) is 0.444. The van der Waals surface area contributed by atoms with E-state index >= 15 is 0 Å². The van der Waals surface area contributed by atoms with Crippen molar-refractivity contribution in [2.24, 2.45) is 5.73 Å². The molecule has 0 amide bonds. The van der Waals surface area contributed by atoms with Crippen molar-refractivity contribution in [1.82, 2.24) is 4.72 Å². The Hall–Kier alpha value is -0.500. The van der Waals surface area contributed by atoms with E-state index in [-0.39, 0.29) is 9.20 Å². The minimum atomic E-state index is -3.48. The van der Waals surface area contributed by atoms with E-state index in [9.17, 15) is 8.42 Å². The Morgan fingerprint density at radius 3 is 2.38 bits per heavy atom. The molecule has 0 aliphatic carbocycles. The summed E-state index contributed by atoms with van der Waals surface area (Å²) in [5, 5.41) is 0. The zero-order valence-corrected chi connectivity index (χ0v) is 11.7. The maximum absolute atomic E-state index is 11.9. The van der Waals surface area contributed by atoms with Gasteiger partial charge < -0.3 is 5.73 Å².